The van der Waals surface area contributed by atoms with E-state index in [2.05, 4.69) is 15.7 Å². The van der Waals surface area contributed by atoms with Crippen molar-refractivity contribution in [2.45, 2.75) is 19.4 Å². The number of hydrazine groups is 1. The highest BCUT2D eigenvalue weighted by Crippen LogP contribution is 2.19. The van der Waals surface area contributed by atoms with Crippen LogP contribution in [0.25, 0.3) is 0 Å². The van der Waals surface area contributed by atoms with E-state index < -0.39 is 0 Å². The van der Waals surface area contributed by atoms with Crippen LogP contribution in [-0.2, 0) is 4.74 Å². The minimum Gasteiger partial charge on any atom is -0.378 e. The van der Waals surface area contributed by atoms with Crippen LogP contribution in [0.2, 0.25) is 0 Å². The van der Waals surface area contributed by atoms with Crippen molar-refractivity contribution in [1.82, 2.24) is 10.3 Å². The first kappa shape index (κ1) is 12.8. The lowest BCUT2D eigenvalue weighted by Crippen LogP contribution is -2.32. The molecule has 0 aromatic carbocycles. The van der Waals surface area contributed by atoms with E-state index >= 15 is 0 Å². The number of nitrogen functional groups attached to an aromatic ring is 1. The summed E-state index contributed by atoms with van der Waals surface area (Å²) < 4.78 is 5.44. The summed E-state index contributed by atoms with van der Waals surface area (Å²) in [6.07, 6.45) is 2.73. The number of anilines is 1. The van der Waals surface area contributed by atoms with Gasteiger partial charge in [0.05, 0.1) is 18.0 Å². The van der Waals surface area contributed by atoms with Crippen LogP contribution in [0.1, 0.15) is 23.8 Å². The van der Waals surface area contributed by atoms with Gasteiger partial charge >= 0.3 is 0 Å². The maximum absolute atomic E-state index is 11.8. The molecule has 2 rings (SSSR count). The quantitative estimate of drug-likeness (QED) is 0.535. The molecule has 6 heteroatoms. The molecule has 2 unspecified atom stereocenters. The predicted molar refractivity (Wildman–Crippen MR) is 67.9 cm³/mol. The van der Waals surface area contributed by atoms with E-state index in [0.717, 1.165) is 13.0 Å². The first-order valence-electron chi connectivity index (χ1n) is 6.03. The number of hydrogen-bond acceptors (Lipinski definition) is 5. The van der Waals surface area contributed by atoms with Crippen LogP contribution in [0.4, 0.5) is 5.69 Å². The molecule has 98 valence electrons. The second-order valence-electron chi connectivity index (χ2n) is 4.41. The van der Waals surface area contributed by atoms with Crippen molar-refractivity contribution in [2.24, 2.45) is 11.8 Å². The van der Waals surface area contributed by atoms with E-state index in [-0.39, 0.29) is 12.0 Å². The van der Waals surface area contributed by atoms with Crippen LogP contribution in [0, 0.1) is 5.92 Å². The van der Waals surface area contributed by atoms with Gasteiger partial charge in [0.15, 0.2) is 0 Å². The standard InChI is InChI=1S/C12H18N4O2/c1-8-9(4-5-18-8)6-15-12(17)11-3-2-10(16-13)7-14-11/h2-3,7-9,16H,4-6,13H2,1H3,(H,15,17). The number of nitrogens with two attached hydrogens (primary N) is 1. The van der Waals surface area contributed by atoms with E-state index in [9.17, 15) is 4.79 Å². The van der Waals surface area contributed by atoms with Crippen molar-refractivity contribution in [3.05, 3.63) is 24.0 Å². The molecule has 2 atom stereocenters. The Labute approximate surface area is 106 Å². The highest BCUT2D eigenvalue weighted by atomic mass is 16.5. The second kappa shape index (κ2) is 5.79. The minimum absolute atomic E-state index is 0.169. The highest BCUT2D eigenvalue weighted by molar-refractivity contribution is 5.92. The maximum Gasteiger partial charge on any atom is 0.269 e. The van der Waals surface area contributed by atoms with Crippen molar-refractivity contribution in [1.29, 1.82) is 0 Å². The molecule has 1 aliphatic rings. The molecule has 0 saturated carbocycles. The van der Waals surface area contributed by atoms with Gasteiger partial charge in [-0.15, -0.1) is 0 Å². The lowest BCUT2D eigenvalue weighted by molar-refractivity contribution is 0.0903. The fourth-order valence-corrected chi connectivity index (χ4v) is 1.97. The van der Waals surface area contributed by atoms with E-state index in [1.165, 1.54) is 6.20 Å². The molecule has 0 aliphatic carbocycles. The fourth-order valence-electron chi connectivity index (χ4n) is 1.97. The average molecular weight is 250 g/mol. The first-order valence-corrected chi connectivity index (χ1v) is 6.03. The Balaban J connectivity index is 1.87. The summed E-state index contributed by atoms with van der Waals surface area (Å²) >= 11 is 0. The lowest BCUT2D eigenvalue weighted by Gasteiger charge is -2.14. The van der Waals surface area contributed by atoms with Crippen LogP contribution in [0.3, 0.4) is 0 Å². The zero-order valence-electron chi connectivity index (χ0n) is 10.3. The van der Waals surface area contributed by atoms with Gasteiger partial charge in [-0.1, -0.05) is 0 Å². The third kappa shape index (κ3) is 2.96. The van der Waals surface area contributed by atoms with E-state index in [0.29, 0.717) is 23.8 Å². The third-order valence-electron chi connectivity index (χ3n) is 3.22. The highest BCUT2D eigenvalue weighted by Gasteiger charge is 2.24. The summed E-state index contributed by atoms with van der Waals surface area (Å²) in [5, 5.41) is 2.88. The van der Waals surface area contributed by atoms with Gasteiger partial charge in [-0.3, -0.25) is 10.6 Å². The number of hydrogen-bond donors (Lipinski definition) is 3. The molecule has 1 aromatic rings. The molecule has 18 heavy (non-hydrogen) atoms. The van der Waals surface area contributed by atoms with Crippen LogP contribution in [0.15, 0.2) is 18.3 Å². The molecule has 1 saturated heterocycles. The summed E-state index contributed by atoms with van der Waals surface area (Å²) in [6, 6.07) is 3.35. The van der Waals surface area contributed by atoms with E-state index in [1.54, 1.807) is 12.1 Å². The number of aromatic nitrogens is 1. The van der Waals surface area contributed by atoms with Crippen molar-refractivity contribution < 1.29 is 9.53 Å². The topological polar surface area (TPSA) is 89.3 Å². The Morgan fingerprint density at radius 3 is 3.00 bits per heavy atom. The van der Waals surface area contributed by atoms with Gasteiger partial charge in [-0.05, 0) is 25.5 Å². The molecular weight excluding hydrogens is 232 g/mol. The number of amides is 1. The summed E-state index contributed by atoms with van der Waals surface area (Å²) in [5.41, 5.74) is 3.53. The van der Waals surface area contributed by atoms with Crippen LogP contribution in [0.5, 0.6) is 0 Å². The van der Waals surface area contributed by atoms with Gasteiger partial charge < -0.3 is 15.5 Å². The molecule has 1 amide bonds. The van der Waals surface area contributed by atoms with Gasteiger partial charge in [0.25, 0.3) is 5.91 Å². The normalized spacial score (nSPS) is 22.8. The number of carbonyl (C=O) groups is 1. The molecule has 0 bridgehead atoms. The SMILES string of the molecule is CC1OCCC1CNC(=O)c1ccc(NN)cn1. The summed E-state index contributed by atoms with van der Waals surface area (Å²) in [6.45, 7) is 3.43. The molecule has 0 radical (unpaired) electrons. The average Bonchev–Trinajstić information content (AvgIpc) is 2.81. The number of nitrogens with zero attached hydrogens (tertiary/aromatic N) is 1. The molecule has 4 N–H and O–H groups in total. The van der Waals surface area contributed by atoms with Gasteiger partial charge in [0, 0.05) is 19.1 Å². The van der Waals surface area contributed by atoms with Gasteiger partial charge in [-0.2, -0.15) is 0 Å². The summed E-state index contributed by atoms with van der Waals surface area (Å²) in [7, 11) is 0. The number of ether oxygens (including phenoxy) is 1. The Hall–Kier alpha value is -1.66. The van der Waals surface area contributed by atoms with Crippen molar-refractivity contribution >= 4 is 11.6 Å². The summed E-state index contributed by atoms with van der Waals surface area (Å²) in [4.78, 5) is 15.9. The smallest absolute Gasteiger partial charge is 0.269 e. The van der Waals surface area contributed by atoms with Gasteiger partial charge in [0.2, 0.25) is 0 Å². The molecule has 0 spiro atoms. The Morgan fingerprint density at radius 2 is 2.44 bits per heavy atom. The lowest BCUT2D eigenvalue weighted by atomic mass is 10.0. The van der Waals surface area contributed by atoms with Crippen LogP contribution < -0.4 is 16.6 Å². The number of nitrogens with one attached hydrogen (secondary N) is 2. The zero-order chi connectivity index (χ0) is 13.0. The molecule has 1 aromatic heterocycles. The van der Waals surface area contributed by atoms with Crippen molar-refractivity contribution in [3.8, 4) is 0 Å². The third-order valence-corrected chi connectivity index (χ3v) is 3.22. The first-order chi connectivity index (χ1) is 8.70. The monoisotopic (exact) mass is 250 g/mol. The van der Waals surface area contributed by atoms with Crippen LogP contribution >= 0.6 is 0 Å². The predicted octanol–water partition coefficient (Wildman–Crippen LogP) is 0.522. The molecular formula is C12H18N4O2. The largest absolute Gasteiger partial charge is 0.378 e. The maximum atomic E-state index is 11.8. The van der Waals surface area contributed by atoms with E-state index in [4.69, 9.17) is 10.6 Å². The van der Waals surface area contributed by atoms with Crippen molar-refractivity contribution in [3.63, 3.8) is 0 Å². The van der Waals surface area contributed by atoms with Gasteiger partial charge in [-0.25, -0.2) is 4.98 Å². The van der Waals surface area contributed by atoms with Crippen LogP contribution in [-0.4, -0.2) is 30.1 Å². The number of rotatable bonds is 4. The second-order valence-corrected chi connectivity index (χ2v) is 4.41. The number of pyridine rings is 1. The Morgan fingerprint density at radius 1 is 1.61 bits per heavy atom. The molecule has 6 nitrogen and oxygen atoms in total. The fraction of sp³-hybridized carbons (Fsp3) is 0.500. The van der Waals surface area contributed by atoms with Gasteiger partial charge in [0.1, 0.15) is 5.69 Å². The Bertz CT molecular complexity index is 407. The van der Waals surface area contributed by atoms with E-state index in [1.807, 2.05) is 6.92 Å². The van der Waals surface area contributed by atoms with Crippen molar-refractivity contribution in [2.75, 3.05) is 18.6 Å². The summed E-state index contributed by atoms with van der Waals surface area (Å²) in [5.74, 6) is 5.45. The Kier molecular flexibility index (Phi) is 4.11. The molecule has 2 heterocycles. The number of carbonyl (C=O) groups excluding carboxylic acids is 1. The zero-order valence-corrected chi connectivity index (χ0v) is 10.3. The minimum atomic E-state index is -0.169. The molecule has 1 fully saturated rings. The molecule has 1 aliphatic heterocycles.